The van der Waals surface area contributed by atoms with Crippen LogP contribution in [0.25, 0.3) is 0 Å². The van der Waals surface area contributed by atoms with E-state index in [0.717, 1.165) is 36.0 Å². The number of aromatic nitrogens is 1. The highest BCUT2D eigenvalue weighted by atomic mass is 31.2. The highest BCUT2D eigenvalue weighted by molar-refractivity contribution is 7.53. The second-order valence-electron chi connectivity index (χ2n) is 10.2. The zero-order valence-corrected chi connectivity index (χ0v) is 23.9. The number of nitrogens with zero attached hydrogens (tertiary/aromatic N) is 1. The number of fused-ring (bicyclic) bond motifs is 1. The van der Waals surface area contributed by atoms with Gasteiger partial charge in [-0.3, -0.25) is 4.57 Å². The van der Waals surface area contributed by atoms with E-state index in [1.165, 1.54) is 25.3 Å². The maximum absolute atomic E-state index is 12.5. The topological polar surface area (TPSA) is 79.2 Å². The minimum absolute atomic E-state index is 0.0317. The van der Waals surface area contributed by atoms with Crippen LogP contribution < -0.4 is 9.47 Å². The van der Waals surface area contributed by atoms with E-state index in [-0.39, 0.29) is 5.92 Å². The average Bonchev–Trinajstić information content (AvgIpc) is 3.57. The van der Waals surface area contributed by atoms with Crippen LogP contribution in [0.3, 0.4) is 0 Å². The first-order chi connectivity index (χ1) is 18.3. The Morgan fingerprint density at radius 1 is 1.00 bits per heavy atom. The Bertz CT molecular complexity index is 1210. The minimum Gasteiger partial charge on any atom is -0.496 e. The Hall–Kier alpha value is -2.57. The van der Waals surface area contributed by atoms with Gasteiger partial charge in [-0.1, -0.05) is 24.3 Å². The highest BCUT2D eigenvalue weighted by Gasteiger charge is 2.30. The maximum Gasteiger partial charge on any atom is 0.330 e. The van der Waals surface area contributed by atoms with Gasteiger partial charge in [0.2, 0.25) is 0 Å². The molecule has 0 unspecified atom stereocenters. The van der Waals surface area contributed by atoms with E-state index < -0.39 is 13.7 Å². The second kappa shape index (κ2) is 12.5. The molecule has 0 bridgehead atoms. The van der Waals surface area contributed by atoms with Crippen LogP contribution in [-0.2, 0) is 39.4 Å². The van der Waals surface area contributed by atoms with E-state index >= 15 is 0 Å². The van der Waals surface area contributed by atoms with Crippen molar-refractivity contribution in [2.24, 2.45) is 11.8 Å². The highest BCUT2D eigenvalue weighted by Crippen LogP contribution is 2.46. The van der Waals surface area contributed by atoms with Crippen molar-refractivity contribution >= 4 is 7.60 Å². The van der Waals surface area contributed by atoms with Crippen LogP contribution in [0.5, 0.6) is 11.5 Å². The first kappa shape index (κ1) is 28.4. The monoisotopic (exact) mass is 541 g/mol. The van der Waals surface area contributed by atoms with Crippen molar-refractivity contribution in [3.8, 4) is 11.5 Å². The standard InChI is InChI=1S/C30H40NO6P/c1-21-28(34-2)17-26(18-29(21)35-3)30(32)27(16-23-14-24-8-6-7-9-25(24)15-23)20-31-12-10-22(19-31)11-13-38(33,36-4)37-5/h6-10,12,17-19,23,27,30,32H,11,13-16,20H2,1-5H3/t27-,30+/m0/s1. The van der Waals surface area contributed by atoms with Gasteiger partial charge >= 0.3 is 7.60 Å². The normalized spacial score (nSPS) is 15.3. The van der Waals surface area contributed by atoms with Crippen molar-refractivity contribution in [2.45, 2.75) is 45.3 Å². The molecule has 0 aliphatic heterocycles. The van der Waals surface area contributed by atoms with E-state index in [2.05, 4.69) is 35.0 Å². The van der Waals surface area contributed by atoms with Gasteiger partial charge in [-0.05, 0) is 79.0 Å². The van der Waals surface area contributed by atoms with Crippen LogP contribution in [-0.4, -0.2) is 44.3 Å². The van der Waals surface area contributed by atoms with E-state index in [1.54, 1.807) is 14.2 Å². The Kier molecular flexibility index (Phi) is 9.37. The van der Waals surface area contributed by atoms with Gasteiger partial charge in [0.1, 0.15) is 11.5 Å². The largest absolute Gasteiger partial charge is 0.496 e. The summed E-state index contributed by atoms with van der Waals surface area (Å²) in [5.74, 6) is 1.84. The van der Waals surface area contributed by atoms with Gasteiger partial charge < -0.3 is 28.2 Å². The van der Waals surface area contributed by atoms with Crippen molar-refractivity contribution in [3.63, 3.8) is 0 Å². The van der Waals surface area contributed by atoms with E-state index in [9.17, 15) is 9.67 Å². The molecular formula is C30H40NO6P. The van der Waals surface area contributed by atoms with E-state index in [1.807, 2.05) is 31.3 Å². The third-order valence-electron chi connectivity index (χ3n) is 7.82. The van der Waals surface area contributed by atoms with Crippen LogP contribution >= 0.6 is 7.60 Å². The van der Waals surface area contributed by atoms with Crippen molar-refractivity contribution < 1.29 is 28.2 Å². The summed E-state index contributed by atoms with van der Waals surface area (Å²) in [6, 6.07) is 14.5. The number of hydrogen-bond donors (Lipinski definition) is 1. The molecule has 1 aliphatic carbocycles. The lowest BCUT2D eigenvalue weighted by Gasteiger charge is -2.27. The SMILES string of the molecule is COc1cc([C@@H](O)[C@@H](CC2Cc3ccccc3C2)Cn2ccc(CCP(=O)(OC)OC)c2)cc(OC)c1C. The molecule has 0 spiro atoms. The molecule has 38 heavy (non-hydrogen) atoms. The summed E-state index contributed by atoms with van der Waals surface area (Å²) in [5, 5.41) is 11.7. The predicted molar refractivity (Wildman–Crippen MR) is 149 cm³/mol. The summed E-state index contributed by atoms with van der Waals surface area (Å²) in [5.41, 5.74) is 5.58. The summed E-state index contributed by atoms with van der Waals surface area (Å²) >= 11 is 0. The van der Waals surface area contributed by atoms with Crippen LogP contribution in [0.2, 0.25) is 0 Å². The number of hydrogen-bond acceptors (Lipinski definition) is 6. The van der Waals surface area contributed by atoms with Crippen LogP contribution in [0, 0.1) is 18.8 Å². The smallest absolute Gasteiger partial charge is 0.330 e. The molecule has 3 aromatic rings. The maximum atomic E-state index is 12.5. The number of ether oxygens (including phenoxy) is 2. The number of aryl methyl sites for hydroxylation is 1. The van der Waals surface area contributed by atoms with Crippen molar-refractivity contribution in [1.29, 1.82) is 0 Å². The number of methoxy groups -OCH3 is 2. The van der Waals surface area contributed by atoms with Crippen LogP contribution in [0.4, 0.5) is 0 Å². The zero-order valence-electron chi connectivity index (χ0n) is 23.1. The third kappa shape index (κ3) is 6.52. The first-order valence-electron chi connectivity index (χ1n) is 13.1. The van der Waals surface area contributed by atoms with Crippen molar-refractivity contribution in [1.82, 2.24) is 4.57 Å². The van der Waals surface area contributed by atoms with Gasteiger partial charge in [0, 0.05) is 44.6 Å². The Morgan fingerprint density at radius 3 is 2.16 bits per heavy atom. The number of aliphatic hydroxyl groups is 1. The Balaban J connectivity index is 1.56. The molecule has 1 heterocycles. The molecule has 2 atom stereocenters. The fourth-order valence-corrected chi connectivity index (χ4v) is 6.69. The molecule has 1 aromatic heterocycles. The second-order valence-corrected chi connectivity index (χ2v) is 12.6. The van der Waals surface area contributed by atoms with Gasteiger partial charge in [-0.2, -0.15) is 0 Å². The minimum atomic E-state index is -3.06. The van der Waals surface area contributed by atoms with Crippen molar-refractivity contribution in [3.05, 3.63) is 82.7 Å². The number of benzene rings is 2. The number of aliphatic hydroxyl groups excluding tert-OH is 1. The lowest BCUT2D eigenvalue weighted by atomic mass is 9.85. The summed E-state index contributed by atoms with van der Waals surface area (Å²) < 4.78 is 35.9. The summed E-state index contributed by atoms with van der Waals surface area (Å²) in [4.78, 5) is 0. The van der Waals surface area contributed by atoms with E-state index in [0.29, 0.717) is 36.5 Å². The van der Waals surface area contributed by atoms with Crippen LogP contribution in [0.15, 0.2) is 54.9 Å². The fraction of sp³-hybridized carbons (Fsp3) is 0.467. The quantitative estimate of drug-likeness (QED) is 0.268. The van der Waals surface area contributed by atoms with Gasteiger partial charge in [0.15, 0.2) is 0 Å². The molecule has 0 saturated heterocycles. The van der Waals surface area contributed by atoms with Crippen LogP contribution in [0.1, 0.15) is 40.3 Å². The molecule has 0 fully saturated rings. The molecule has 206 valence electrons. The van der Waals surface area contributed by atoms with Gasteiger partial charge in [0.05, 0.1) is 26.5 Å². The molecule has 2 aromatic carbocycles. The summed E-state index contributed by atoms with van der Waals surface area (Å²) in [6.07, 6.45) is 7.23. The average molecular weight is 542 g/mol. The molecule has 1 N–H and O–H groups in total. The molecule has 1 aliphatic rings. The third-order valence-corrected chi connectivity index (χ3v) is 9.71. The van der Waals surface area contributed by atoms with Gasteiger partial charge in [0.25, 0.3) is 0 Å². The molecule has 7 nitrogen and oxygen atoms in total. The molecule has 8 heteroatoms. The fourth-order valence-electron chi connectivity index (χ4n) is 5.64. The first-order valence-corrected chi connectivity index (χ1v) is 14.8. The zero-order chi connectivity index (χ0) is 27.3. The van der Waals surface area contributed by atoms with Gasteiger partial charge in [-0.25, -0.2) is 0 Å². The Labute approximate surface area is 226 Å². The molecule has 4 rings (SSSR count). The van der Waals surface area contributed by atoms with Gasteiger partial charge in [-0.15, -0.1) is 0 Å². The number of rotatable bonds is 13. The summed E-state index contributed by atoms with van der Waals surface area (Å²) in [7, 11) is 3.04. The lowest BCUT2D eigenvalue weighted by Crippen LogP contribution is -2.22. The molecule has 0 amide bonds. The predicted octanol–water partition coefficient (Wildman–Crippen LogP) is 6.00. The molecule has 0 saturated carbocycles. The molecule has 0 radical (unpaired) electrons. The molecular weight excluding hydrogens is 501 g/mol. The lowest BCUT2D eigenvalue weighted by molar-refractivity contribution is 0.0815. The Morgan fingerprint density at radius 2 is 1.61 bits per heavy atom. The van der Waals surface area contributed by atoms with Crippen molar-refractivity contribution in [2.75, 3.05) is 34.6 Å². The van der Waals surface area contributed by atoms with E-state index in [4.69, 9.17) is 18.5 Å². The summed E-state index contributed by atoms with van der Waals surface area (Å²) in [6.45, 7) is 2.60.